The Morgan fingerprint density at radius 3 is 2.75 bits per heavy atom. The molecular weight excluding hydrogens is 234 g/mol. The number of hydrogen-bond acceptors (Lipinski definition) is 3. The second-order valence-electron chi connectivity index (χ2n) is 3.48. The molecule has 0 saturated carbocycles. The van der Waals surface area contributed by atoms with E-state index in [1.54, 1.807) is 19.9 Å². The number of nitrogens with zero attached hydrogens (tertiary/aromatic N) is 1. The summed E-state index contributed by atoms with van der Waals surface area (Å²) in [6, 6.07) is 1.72. The van der Waals surface area contributed by atoms with E-state index in [-0.39, 0.29) is 5.75 Å². The van der Waals surface area contributed by atoms with Crippen LogP contribution in [0.15, 0.2) is 11.2 Å². The van der Waals surface area contributed by atoms with Crippen molar-refractivity contribution >= 4 is 23.7 Å². The summed E-state index contributed by atoms with van der Waals surface area (Å²) in [7, 11) is 0. The third-order valence-corrected chi connectivity index (χ3v) is 2.55. The second-order valence-corrected chi connectivity index (χ2v) is 3.91. The van der Waals surface area contributed by atoms with Crippen molar-refractivity contribution < 1.29 is 13.5 Å². The van der Waals surface area contributed by atoms with Crippen LogP contribution in [-0.2, 0) is 0 Å². The first kappa shape index (κ1) is 11.2. The van der Waals surface area contributed by atoms with Gasteiger partial charge in [-0.05, 0) is 25.5 Å². The summed E-state index contributed by atoms with van der Waals surface area (Å²) in [5.74, 6) is 0.183. The Labute approximate surface area is 96.2 Å². The number of halogens is 2. The minimum absolute atomic E-state index is 0.183. The maximum Gasteiger partial charge on any atom is 0.387 e. The molecule has 0 spiro atoms. The van der Waals surface area contributed by atoms with E-state index in [9.17, 15) is 8.78 Å². The molecule has 3 nitrogen and oxygen atoms in total. The van der Waals surface area contributed by atoms with E-state index in [0.717, 1.165) is 5.52 Å². The molecule has 1 aromatic heterocycles. The number of fused-ring (bicyclic) bond motifs is 1. The number of aryl methyl sites for hydroxylation is 2. The van der Waals surface area contributed by atoms with E-state index in [0.29, 0.717) is 21.8 Å². The van der Waals surface area contributed by atoms with Crippen molar-refractivity contribution in [2.75, 3.05) is 0 Å². The molecule has 16 heavy (non-hydrogen) atoms. The number of alkyl halides is 2. The summed E-state index contributed by atoms with van der Waals surface area (Å²) in [5, 5.41) is 0.451. The first-order chi connectivity index (χ1) is 7.49. The van der Waals surface area contributed by atoms with Gasteiger partial charge < -0.3 is 9.72 Å². The van der Waals surface area contributed by atoms with Crippen molar-refractivity contribution in [3.05, 3.63) is 17.2 Å². The molecule has 0 amide bonds. The van der Waals surface area contributed by atoms with Crippen LogP contribution >= 0.6 is 12.6 Å². The van der Waals surface area contributed by atoms with Crippen molar-refractivity contribution in [3.8, 4) is 5.75 Å². The molecule has 0 radical (unpaired) electrons. The van der Waals surface area contributed by atoms with Crippen molar-refractivity contribution in [2.45, 2.75) is 25.6 Å². The fourth-order valence-electron chi connectivity index (χ4n) is 1.72. The standard InChI is InChI=1S/C10H10F2N2OS/c1-4-3-6-7(14-10(16)13-6)5(2)8(4)15-9(11)12/h3,9H,1-2H3,(H2,13,14,16). The van der Waals surface area contributed by atoms with Gasteiger partial charge in [0.15, 0.2) is 5.16 Å². The van der Waals surface area contributed by atoms with Crippen molar-refractivity contribution in [1.82, 2.24) is 9.97 Å². The molecule has 0 aliphatic heterocycles. The van der Waals surface area contributed by atoms with Crippen molar-refractivity contribution in [2.24, 2.45) is 0 Å². The monoisotopic (exact) mass is 244 g/mol. The fraction of sp³-hybridized carbons (Fsp3) is 0.300. The Hall–Kier alpha value is -1.30. The van der Waals surface area contributed by atoms with Crippen LogP contribution in [0.4, 0.5) is 8.78 Å². The second kappa shape index (κ2) is 3.93. The Bertz CT molecular complexity index is 539. The predicted octanol–water partition coefficient (Wildman–Crippen LogP) is 3.07. The van der Waals surface area contributed by atoms with Crippen LogP contribution in [0.5, 0.6) is 5.75 Å². The minimum Gasteiger partial charge on any atom is -0.434 e. The lowest BCUT2D eigenvalue weighted by Crippen LogP contribution is -2.05. The number of H-pyrrole nitrogens is 1. The molecular formula is C10H10F2N2OS. The third kappa shape index (κ3) is 1.84. The molecule has 1 aromatic carbocycles. The Balaban J connectivity index is 2.64. The molecule has 2 aromatic rings. The number of thiol groups is 1. The molecule has 0 aliphatic carbocycles. The fourth-order valence-corrected chi connectivity index (χ4v) is 1.94. The highest BCUT2D eigenvalue weighted by atomic mass is 32.1. The summed E-state index contributed by atoms with van der Waals surface area (Å²) < 4.78 is 28.9. The minimum atomic E-state index is -2.83. The van der Waals surface area contributed by atoms with Gasteiger partial charge >= 0.3 is 6.61 Å². The number of ether oxygens (including phenoxy) is 1. The number of rotatable bonds is 2. The number of aromatic amines is 1. The molecule has 1 heterocycles. The van der Waals surface area contributed by atoms with Crippen LogP contribution in [-0.4, -0.2) is 16.6 Å². The number of imidazole rings is 1. The van der Waals surface area contributed by atoms with Crippen LogP contribution in [0.3, 0.4) is 0 Å². The van der Waals surface area contributed by atoms with E-state index < -0.39 is 6.61 Å². The maximum absolute atomic E-state index is 12.2. The zero-order valence-electron chi connectivity index (χ0n) is 8.71. The van der Waals surface area contributed by atoms with Gasteiger partial charge in [0.1, 0.15) is 5.75 Å². The lowest BCUT2D eigenvalue weighted by atomic mass is 10.1. The van der Waals surface area contributed by atoms with Crippen LogP contribution in [0.1, 0.15) is 11.1 Å². The topological polar surface area (TPSA) is 37.9 Å². The SMILES string of the molecule is Cc1cc2[nH]c(S)nc2c(C)c1OC(F)F. The average Bonchev–Trinajstić information content (AvgIpc) is 2.53. The molecule has 0 atom stereocenters. The molecule has 6 heteroatoms. The van der Waals surface area contributed by atoms with E-state index in [1.165, 1.54) is 0 Å². The smallest absolute Gasteiger partial charge is 0.387 e. The summed E-state index contributed by atoms with van der Waals surface area (Å²) in [6.07, 6.45) is 0. The van der Waals surface area contributed by atoms with Crippen LogP contribution < -0.4 is 4.74 Å². The zero-order chi connectivity index (χ0) is 11.9. The van der Waals surface area contributed by atoms with Crippen LogP contribution in [0.2, 0.25) is 0 Å². The quantitative estimate of drug-likeness (QED) is 0.797. The normalized spacial score (nSPS) is 11.4. The van der Waals surface area contributed by atoms with Gasteiger partial charge in [-0.15, -0.1) is 12.6 Å². The molecule has 0 fully saturated rings. The number of benzene rings is 1. The number of aromatic nitrogens is 2. The Morgan fingerprint density at radius 1 is 1.44 bits per heavy atom. The predicted molar refractivity (Wildman–Crippen MR) is 59.5 cm³/mol. The average molecular weight is 244 g/mol. The van der Waals surface area contributed by atoms with E-state index in [4.69, 9.17) is 0 Å². The summed E-state index contributed by atoms with van der Waals surface area (Å²) in [5.41, 5.74) is 2.60. The van der Waals surface area contributed by atoms with Gasteiger partial charge in [0.2, 0.25) is 0 Å². The number of nitrogens with one attached hydrogen (secondary N) is 1. The number of hydrogen-bond donors (Lipinski definition) is 2. The molecule has 0 unspecified atom stereocenters. The van der Waals surface area contributed by atoms with E-state index in [1.807, 2.05) is 0 Å². The molecule has 0 saturated heterocycles. The van der Waals surface area contributed by atoms with Gasteiger partial charge in [0.05, 0.1) is 11.0 Å². The maximum atomic E-state index is 12.2. The first-order valence-corrected chi connectivity index (χ1v) is 5.07. The molecule has 86 valence electrons. The van der Waals surface area contributed by atoms with E-state index >= 15 is 0 Å². The Kier molecular flexibility index (Phi) is 2.75. The van der Waals surface area contributed by atoms with Gasteiger partial charge in [-0.1, -0.05) is 0 Å². The van der Waals surface area contributed by atoms with Gasteiger partial charge in [-0.25, -0.2) is 4.98 Å². The van der Waals surface area contributed by atoms with Gasteiger partial charge in [-0.3, -0.25) is 0 Å². The largest absolute Gasteiger partial charge is 0.434 e. The van der Waals surface area contributed by atoms with Gasteiger partial charge in [-0.2, -0.15) is 8.78 Å². The highest BCUT2D eigenvalue weighted by Gasteiger charge is 2.15. The zero-order valence-corrected chi connectivity index (χ0v) is 9.61. The highest BCUT2D eigenvalue weighted by molar-refractivity contribution is 7.80. The van der Waals surface area contributed by atoms with Crippen LogP contribution in [0.25, 0.3) is 11.0 Å². The van der Waals surface area contributed by atoms with Crippen LogP contribution in [0, 0.1) is 13.8 Å². The summed E-state index contributed by atoms with van der Waals surface area (Å²) in [4.78, 5) is 7.04. The molecule has 0 bridgehead atoms. The molecule has 0 aliphatic rings. The lowest BCUT2D eigenvalue weighted by molar-refractivity contribution is -0.0506. The first-order valence-electron chi connectivity index (χ1n) is 4.62. The molecule has 1 N–H and O–H groups in total. The third-order valence-electron chi connectivity index (χ3n) is 2.34. The molecule has 2 rings (SSSR count). The lowest BCUT2D eigenvalue weighted by Gasteiger charge is -2.11. The van der Waals surface area contributed by atoms with E-state index in [2.05, 4.69) is 27.3 Å². The van der Waals surface area contributed by atoms with Crippen molar-refractivity contribution in [1.29, 1.82) is 0 Å². The van der Waals surface area contributed by atoms with Gasteiger partial charge in [0, 0.05) is 5.56 Å². The summed E-state index contributed by atoms with van der Waals surface area (Å²) >= 11 is 4.07. The highest BCUT2D eigenvalue weighted by Crippen LogP contribution is 2.31. The van der Waals surface area contributed by atoms with Gasteiger partial charge in [0.25, 0.3) is 0 Å². The summed E-state index contributed by atoms with van der Waals surface area (Å²) in [6.45, 7) is 0.578. The Morgan fingerprint density at radius 2 is 2.12 bits per heavy atom. The van der Waals surface area contributed by atoms with Crippen molar-refractivity contribution in [3.63, 3.8) is 0 Å².